The Hall–Kier alpha value is -1.36. The monoisotopic (exact) mass is 340 g/mol. The van der Waals surface area contributed by atoms with Crippen LogP contribution in [-0.4, -0.2) is 17.9 Å². The van der Waals surface area contributed by atoms with E-state index in [4.69, 9.17) is 5.73 Å². The molecule has 0 bridgehead atoms. The second kappa shape index (κ2) is 8.04. The molecule has 2 amide bonds. The Bertz CT molecular complexity index is 475. The van der Waals surface area contributed by atoms with Crippen molar-refractivity contribution in [1.82, 2.24) is 5.32 Å². The van der Waals surface area contributed by atoms with Gasteiger partial charge in [-0.2, -0.15) is 0 Å². The molecular weight excluding hydrogens is 320 g/mol. The van der Waals surface area contributed by atoms with Gasteiger partial charge in [-0.15, -0.1) is 0 Å². The first-order valence-corrected chi connectivity index (χ1v) is 7.52. The summed E-state index contributed by atoms with van der Waals surface area (Å²) in [7, 11) is 0. The maximum absolute atomic E-state index is 11.8. The van der Waals surface area contributed by atoms with Crippen molar-refractivity contribution in [3.63, 3.8) is 0 Å². The smallest absolute Gasteiger partial charge is 0.240 e. The first kappa shape index (κ1) is 16.7. The number of nitrogens with two attached hydrogens (primary N) is 1. The Morgan fingerprint density at radius 3 is 2.60 bits per heavy atom. The van der Waals surface area contributed by atoms with Crippen LogP contribution in [0.5, 0.6) is 0 Å². The summed E-state index contributed by atoms with van der Waals surface area (Å²) in [5, 5.41) is 2.69. The van der Waals surface area contributed by atoms with Gasteiger partial charge in [0, 0.05) is 10.9 Å². The highest BCUT2D eigenvalue weighted by Gasteiger charge is 2.21. The van der Waals surface area contributed by atoms with E-state index in [-0.39, 0.29) is 11.8 Å². The maximum atomic E-state index is 11.8. The Labute approximate surface area is 128 Å². The second-order valence-electron chi connectivity index (χ2n) is 5.18. The molecule has 20 heavy (non-hydrogen) atoms. The van der Waals surface area contributed by atoms with Crippen LogP contribution in [0.25, 0.3) is 0 Å². The number of hydrogen-bond donors (Lipinski definition) is 2. The van der Waals surface area contributed by atoms with Gasteiger partial charge >= 0.3 is 0 Å². The van der Waals surface area contributed by atoms with Crippen LogP contribution in [0.4, 0.5) is 0 Å². The molecule has 0 aliphatic carbocycles. The number of hydrogen-bond acceptors (Lipinski definition) is 2. The SMILES string of the molecule is CC(C)[C@H](NC(=O)CCCc1cccc(Br)c1)C(N)=O. The molecule has 0 fully saturated rings. The molecule has 5 heteroatoms. The first-order valence-electron chi connectivity index (χ1n) is 6.73. The predicted molar refractivity (Wildman–Crippen MR) is 83.0 cm³/mol. The number of rotatable bonds is 7. The third-order valence-electron chi connectivity index (χ3n) is 3.05. The number of halogens is 1. The number of nitrogens with one attached hydrogen (secondary N) is 1. The molecule has 0 saturated heterocycles. The standard InChI is InChI=1S/C15H21BrN2O2/c1-10(2)14(15(17)20)18-13(19)8-4-6-11-5-3-7-12(16)9-11/h3,5,7,9-10,14H,4,6,8H2,1-2H3,(H2,17,20)(H,18,19)/t14-/m0/s1. The Morgan fingerprint density at radius 1 is 1.35 bits per heavy atom. The van der Waals surface area contributed by atoms with Crippen molar-refractivity contribution < 1.29 is 9.59 Å². The maximum Gasteiger partial charge on any atom is 0.240 e. The van der Waals surface area contributed by atoms with Gasteiger partial charge in [0.05, 0.1) is 0 Å². The molecule has 110 valence electrons. The zero-order chi connectivity index (χ0) is 15.1. The van der Waals surface area contributed by atoms with Crippen molar-refractivity contribution in [2.75, 3.05) is 0 Å². The molecule has 0 aromatic heterocycles. The topological polar surface area (TPSA) is 72.2 Å². The van der Waals surface area contributed by atoms with Crippen molar-refractivity contribution in [2.24, 2.45) is 11.7 Å². The third kappa shape index (κ3) is 5.74. The molecule has 0 unspecified atom stereocenters. The van der Waals surface area contributed by atoms with E-state index in [0.717, 1.165) is 17.3 Å². The Balaban J connectivity index is 2.38. The summed E-state index contributed by atoms with van der Waals surface area (Å²) in [6.45, 7) is 3.72. The summed E-state index contributed by atoms with van der Waals surface area (Å²) >= 11 is 3.42. The average molecular weight is 341 g/mol. The summed E-state index contributed by atoms with van der Waals surface area (Å²) in [6.07, 6.45) is 1.96. The molecule has 0 aliphatic rings. The Kier molecular flexibility index (Phi) is 6.71. The van der Waals surface area contributed by atoms with Gasteiger partial charge in [-0.25, -0.2) is 0 Å². The van der Waals surface area contributed by atoms with Crippen LogP contribution in [-0.2, 0) is 16.0 Å². The number of benzene rings is 1. The third-order valence-corrected chi connectivity index (χ3v) is 3.54. The minimum atomic E-state index is -0.589. The summed E-state index contributed by atoms with van der Waals surface area (Å²) in [5.74, 6) is -0.612. The number of aryl methyl sites for hydroxylation is 1. The van der Waals surface area contributed by atoms with Crippen molar-refractivity contribution in [3.05, 3.63) is 34.3 Å². The lowest BCUT2D eigenvalue weighted by Crippen LogP contribution is -2.47. The molecule has 0 saturated carbocycles. The van der Waals surface area contributed by atoms with Gasteiger partial charge < -0.3 is 11.1 Å². The largest absolute Gasteiger partial charge is 0.368 e. The zero-order valence-electron chi connectivity index (χ0n) is 11.9. The van der Waals surface area contributed by atoms with Gasteiger partial charge in [-0.3, -0.25) is 9.59 Å². The molecule has 4 nitrogen and oxygen atoms in total. The van der Waals surface area contributed by atoms with E-state index in [1.54, 1.807) is 0 Å². The van der Waals surface area contributed by atoms with E-state index in [0.29, 0.717) is 6.42 Å². The molecule has 1 atom stereocenters. The molecule has 0 radical (unpaired) electrons. The molecule has 1 aromatic rings. The minimum absolute atomic E-state index is 0.00142. The van der Waals surface area contributed by atoms with E-state index in [9.17, 15) is 9.59 Å². The number of carbonyl (C=O) groups is 2. The summed E-state index contributed by atoms with van der Waals surface area (Å²) in [5.41, 5.74) is 6.45. The molecule has 1 aromatic carbocycles. The number of amides is 2. The van der Waals surface area contributed by atoms with Gasteiger partial charge in [0.2, 0.25) is 11.8 Å². The van der Waals surface area contributed by atoms with Gasteiger partial charge in [-0.05, 0) is 36.5 Å². The van der Waals surface area contributed by atoms with Crippen LogP contribution < -0.4 is 11.1 Å². The van der Waals surface area contributed by atoms with E-state index in [2.05, 4.69) is 21.2 Å². The van der Waals surface area contributed by atoms with Crippen molar-refractivity contribution in [2.45, 2.75) is 39.2 Å². The molecule has 1 rings (SSSR count). The van der Waals surface area contributed by atoms with E-state index in [1.807, 2.05) is 38.1 Å². The van der Waals surface area contributed by atoms with Gasteiger partial charge in [-0.1, -0.05) is 41.9 Å². The highest BCUT2D eigenvalue weighted by atomic mass is 79.9. The van der Waals surface area contributed by atoms with Crippen LogP contribution in [0.1, 0.15) is 32.3 Å². The van der Waals surface area contributed by atoms with Gasteiger partial charge in [0.1, 0.15) is 6.04 Å². The molecule has 0 heterocycles. The van der Waals surface area contributed by atoms with Crippen LogP contribution in [0.3, 0.4) is 0 Å². The summed E-state index contributed by atoms with van der Waals surface area (Å²) in [4.78, 5) is 23.0. The van der Waals surface area contributed by atoms with Gasteiger partial charge in [0.15, 0.2) is 0 Å². The number of primary amides is 1. The minimum Gasteiger partial charge on any atom is -0.368 e. The molecule has 0 aliphatic heterocycles. The van der Waals surface area contributed by atoms with Crippen molar-refractivity contribution in [3.8, 4) is 0 Å². The second-order valence-corrected chi connectivity index (χ2v) is 6.09. The lowest BCUT2D eigenvalue weighted by molar-refractivity contribution is -0.128. The Morgan fingerprint density at radius 2 is 2.05 bits per heavy atom. The number of carbonyl (C=O) groups excluding carboxylic acids is 2. The summed E-state index contributed by atoms with van der Waals surface area (Å²) < 4.78 is 1.04. The fraction of sp³-hybridized carbons (Fsp3) is 0.467. The normalized spacial score (nSPS) is 12.2. The van der Waals surface area contributed by atoms with Crippen LogP contribution in [0.2, 0.25) is 0 Å². The van der Waals surface area contributed by atoms with Crippen molar-refractivity contribution >= 4 is 27.7 Å². The highest BCUT2D eigenvalue weighted by molar-refractivity contribution is 9.10. The average Bonchev–Trinajstić information content (AvgIpc) is 2.35. The molecular formula is C15H21BrN2O2. The first-order chi connectivity index (χ1) is 9.40. The van der Waals surface area contributed by atoms with Crippen LogP contribution in [0.15, 0.2) is 28.7 Å². The quantitative estimate of drug-likeness (QED) is 0.799. The fourth-order valence-electron chi connectivity index (χ4n) is 1.96. The van der Waals surface area contributed by atoms with Crippen molar-refractivity contribution in [1.29, 1.82) is 0 Å². The van der Waals surface area contributed by atoms with Crippen LogP contribution >= 0.6 is 15.9 Å². The molecule has 0 spiro atoms. The highest BCUT2D eigenvalue weighted by Crippen LogP contribution is 2.13. The lowest BCUT2D eigenvalue weighted by atomic mass is 10.0. The summed E-state index contributed by atoms with van der Waals surface area (Å²) in [6, 6.07) is 7.42. The zero-order valence-corrected chi connectivity index (χ0v) is 13.4. The molecule has 3 N–H and O–H groups in total. The van der Waals surface area contributed by atoms with E-state index >= 15 is 0 Å². The lowest BCUT2D eigenvalue weighted by Gasteiger charge is -2.18. The predicted octanol–water partition coefficient (Wildman–Crippen LogP) is 2.40. The fourth-order valence-corrected chi connectivity index (χ4v) is 2.40. The van der Waals surface area contributed by atoms with Gasteiger partial charge in [0.25, 0.3) is 0 Å². The van der Waals surface area contributed by atoms with E-state index in [1.165, 1.54) is 5.56 Å². The van der Waals surface area contributed by atoms with Crippen LogP contribution in [0, 0.1) is 5.92 Å². The van der Waals surface area contributed by atoms with E-state index < -0.39 is 11.9 Å².